The highest BCUT2D eigenvalue weighted by Gasteiger charge is 2.00. The molecule has 24 heavy (non-hydrogen) atoms. The lowest BCUT2D eigenvalue weighted by Gasteiger charge is -2.03. The predicted octanol–water partition coefficient (Wildman–Crippen LogP) is 5.40. The van der Waals surface area contributed by atoms with Gasteiger partial charge in [-0.25, -0.2) is 0 Å². The van der Waals surface area contributed by atoms with Gasteiger partial charge in [0.25, 0.3) is 0 Å². The number of esters is 1. The monoisotopic (exact) mass is 338 g/mol. The van der Waals surface area contributed by atoms with Gasteiger partial charge in [-0.2, -0.15) is 0 Å². The molecule has 0 aromatic rings. The SMILES string of the molecule is CCCC[C@@H](O)C#CCCCCCCCCCCCC(=O)OCC. The maximum atomic E-state index is 11.2. The minimum Gasteiger partial charge on any atom is -0.466 e. The first-order chi connectivity index (χ1) is 11.7. The molecule has 0 saturated heterocycles. The average Bonchev–Trinajstić information content (AvgIpc) is 2.57. The Morgan fingerprint density at radius 1 is 0.917 bits per heavy atom. The fraction of sp³-hybridized carbons (Fsp3) is 0.857. The Morgan fingerprint density at radius 3 is 2.08 bits per heavy atom. The fourth-order valence-corrected chi connectivity index (χ4v) is 2.61. The van der Waals surface area contributed by atoms with Crippen LogP contribution >= 0.6 is 0 Å². The molecule has 0 spiro atoms. The molecule has 0 bridgehead atoms. The summed E-state index contributed by atoms with van der Waals surface area (Å²) in [5.41, 5.74) is 0. The molecule has 1 N–H and O–H groups in total. The molecule has 0 aliphatic heterocycles. The molecule has 0 aliphatic rings. The quantitative estimate of drug-likeness (QED) is 0.247. The number of carbonyl (C=O) groups is 1. The summed E-state index contributed by atoms with van der Waals surface area (Å²) < 4.78 is 4.91. The fourth-order valence-electron chi connectivity index (χ4n) is 2.61. The molecule has 0 amide bonds. The van der Waals surface area contributed by atoms with Crippen LogP contribution in [0.1, 0.15) is 104 Å². The summed E-state index contributed by atoms with van der Waals surface area (Å²) in [5, 5.41) is 9.60. The lowest BCUT2D eigenvalue weighted by atomic mass is 10.1. The van der Waals surface area contributed by atoms with Gasteiger partial charge in [0.2, 0.25) is 0 Å². The highest BCUT2D eigenvalue weighted by atomic mass is 16.5. The number of rotatable bonds is 15. The maximum absolute atomic E-state index is 11.2. The van der Waals surface area contributed by atoms with Crippen LogP contribution in [0.5, 0.6) is 0 Å². The highest BCUT2D eigenvalue weighted by molar-refractivity contribution is 5.69. The maximum Gasteiger partial charge on any atom is 0.305 e. The summed E-state index contributed by atoms with van der Waals surface area (Å²) in [5.74, 6) is 5.98. The number of hydrogen-bond donors (Lipinski definition) is 1. The van der Waals surface area contributed by atoms with E-state index in [2.05, 4.69) is 18.8 Å². The van der Waals surface area contributed by atoms with Crippen LogP contribution in [0.25, 0.3) is 0 Å². The van der Waals surface area contributed by atoms with Crippen molar-refractivity contribution >= 4 is 5.97 Å². The van der Waals surface area contributed by atoms with Gasteiger partial charge in [-0.1, -0.05) is 70.6 Å². The molecule has 0 aromatic carbocycles. The second kappa shape index (κ2) is 18.3. The van der Waals surface area contributed by atoms with Gasteiger partial charge in [-0.05, 0) is 26.2 Å². The molecule has 0 fully saturated rings. The van der Waals surface area contributed by atoms with Crippen LogP contribution in [0.15, 0.2) is 0 Å². The number of aliphatic hydroxyl groups is 1. The third-order valence-electron chi connectivity index (χ3n) is 4.09. The van der Waals surface area contributed by atoms with E-state index in [4.69, 9.17) is 4.74 Å². The standard InChI is InChI=1S/C21H38O3/c1-3-5-17-20(22)18-15-13-11-9-7-6-8-10-12-14-16-19-21(23)24-4-2/h20,22H,3-14,16-17,19H2,1-2H3/t20-/m1/s1. The van der Waals surface area contributed by atoms with Gasteiger partial charge in [0, 0.05) is 12.8 Å². The molecular formula is C21H38O3. The number of ether oxygens (including phenoxy) is 1. The lowest BCUT2D eigenvalue weighted by Crippen LogP contribution is -2.03. The molecule has 1 atom stereocenters. The van der Waals surface area contributed by atoms with Crippen molar-refractivity contribution in [1.82, 2.24) is 0 Å². The van der Waals surface area contributed by atoms with Gasteiger partial charge in [-0.15, -0.1) is 5.92 Å². The summed E-state index contributed by atoms with van der Waals surface area (Å²) >= 11 is 0. The Kier molecular flexibility index (Phi) is 17.6. The van der Waals surface area contributed by atoms with Crippen LogP contribution < -0.4 is 0 Å². The van der Waals surface area contributed by atoms with E-state index in [1.165, 1.54) is 38.5 Å². The number of aliphatic hydroxyl groups excluding tert-OH is 1. The smallest absolute Gasteiger partial charge is 0.305 e. The first-order valence-electron chi connectivity index (χ1n) is 10.0. The third kappa shape index (κ3) is 17.3. The molecule has 0 aliphatic carbocycles. The van der Waals surface area contributed by atoms with Gasteiger partial charge in [-0.3, -0.25) is 4.79 Å². The Morgan fingerprint density at radius 2 is 1.50 bits per heavy atom. The number of unbranched alkanes of at least 4 members (excludes halogenated alkanes) is 10. The largest absolute Gasteiger partial charge is 0.466 e. The van der Waals surface area contributed by atoms with E-state index in [1.54, 1.807) is 0 Å². The molecule has 0 rings (SSSR count). The first-order valence-corrected chi connectivity index (χ1v) is 10.0. The van der Waals surface area contributed by atoms with Gasteiger partial charge < -0.3 is 9.84 Å². The zero-order valence-electron chi connectivity index (χ0n) is 15.9. The number of hydrogen-bond acceptors (Lipinski definition) is 3. The molecule has 0 unspecified atom stereocenters. The van der Waals surface area contributed by atoms with Crippen LogP contribution in [-0.2, 0) is 9.53 Å². The van der Waals surface area contributed by atoms with Crippen molar-refractivity contribution in [2.45, 2.75) is 110 Å². The van der Waals surface area contributed by atoms with E-state index in [1.807, 2.05) is 6.92 Å². The Bertz CT molecular complexity index is 341. The van der Waals surface area contributed by atoms with Gasteiger partial charge >= 0.3 is 5.97 Å². The molecule has 0 heterocycles. The molecule has 3 nitrogen and oxygen atoms in total. The van der Waals surface area contributed by atoms with Gasteiger partial charge in [0.05, 0.1) is 6.61 Å². The van der Waals surface area contributed by atoms with Crippen molar-refractivity contribution in [2.24, 2.45) is 0 Å². The average molecular weight is 339 g/mol. The topological polar surface area (TPSA) is 46.5 Å². The summed E-state index contributed by atoms with van der Waals surface area (Å²) in [4.78, 5) is 11.2. The van der Waals surface area contributed by atoms with Crippen LogP contribution in [0, 0.1) is 11.8 Å². The minimum absolute atomic E-state index is 0.0570. The Balaban J connectivity index is 3.23. The highest BCUT2D eigenvalue weighted by Crippen LogP contribution is 2.11. The molecule has 140 valence electrons. The van der Waals surface area contributed by atoms with Crippen molar-refractivity contribution in [3.63, 3.8) is 0 Å². The van der Waals surface area contributed by atoms with E-state index in [0.717, 1.165) is 44.9 Å². The third-order valence-corrected chi connectivity index (χ3v) is 4.09. The predicted molar refractivity (Wildman–Crippen MR) is 101 cm³/mol. The van der Waals surface area contributed by atoms with Crippen LogP contribution in [0.4, 0.5) is 0 Å². The van der Waals surface area contributed by atoms with Crippen molar-refractivity contribution < 1.29 is 14.6 Å². The summed E-state index contributed by atoms with van der Waals surface area (Å²) in [7, 11) is 0. The van der Waals surface area contributed by atoms with E-state index < -0.39 is 6.10 Å². The van der Waals surface area contributed by atoms with E-state index in [9.17, 15) is 9.90 Å². The first kappa shape index (κ1) is 23.0. The van der Waals surface area contributed by atoms with Crippen molar-refractivity contribution in [2.75, 3.05) is 6.61 Å². The minimum atomic E-state index is -0.422. The van der Waals surface area contributed by atoms with Gasteiger partial charge in [0.15, 0.2) is 0 Å². The lowest BCUT2D eigenvalue weighted by molar-refractivity contribution is -0.143. The zero-order chi connectivity index (χ0) is 17.9. The van der Waals surface area contributed by atoms with E-state index >= 15 is 0 Å². The molecule has 3 heteroatoms. The van der Waals surface area contributed by atoms with Gasteiger partial charge in [0.1, 0.15) is 6.10 Å². The van der Waals surface area contributed by atoms with Crippen molar-refractivity contribution in [3.05, 3.63) is 0 Å². The summed E-state index contributed by atoms with van der Waals surface area (Å²) in [6.07, 6.45) is 14.9. The molecule has 0 saturated carbocycles. The summed E-state index contributed by atoms with van der Waals surface area (Å²) in [6.45, 7) is 4.47. The normalized spacial score (nSPS) is 11.6. The van der Waals surface area contributed by atoms with Crippen molar-refractivity contribution in [1.29, 1.82) is 0 Å². The molecule has 0 radical (unpaired) electrons. The Hall–Kier alpha value is -1.01. The second-order valence-electron chi connectivity index (χ2n) is 6.47. The number of carbonyl (C=O) groups excluding carboxylic acids is 1. The van der Waals surface area contributed by atoms with E-state index in [0.29, 0.717) is 13.0 Å². The molecular weight excluding hydrogens is 300 g/mol. The Labute approximate surface area is 149 Å². The van der Waals surface area contributed by atoms with Crippen molar-refractivity contribution in [3.8, 4) is 11.8 Å². The summed E-state index contributed by atoms with van der Waals surface area (Å²) in [6, 6.07) is 0. The van der Waals surface area contributed by atoms with Crippen LogP contribution in [0.2, 0.25) is 0 Å². The zero-order valence-corrected chi connectivity index (χ0v) is 15.9. The van der Waals surface area contributed by atoms with E-state index in [-0.39, 0.29) is 5.97 Å². The second-order valence-corrected chi connectivity index (χ2v) is 6.47. The molecule has 0 aromatic heterocycles. The van der Waals surface area contributed by atoms with Crippen LogP contribution in [0.3, 0.4) is 0 Å². The van der Waals surface area contributed by atoms with Crippen LogP contribution in [-0.4, -0.2) is 23.8 Å².